The Kier molecular flexibility index (Phi) is 5.11. The number of fused-ring (bicyclic) bond motifs is 1. The van der Waals surface area contributed by atoms with Gasteiger partial charge in [0.1, 0.15) is 0 Å². The van der Waals surface area contributed by atoms with Crippen molar-refractivity contribution in [3.8, 4) is 11.1 Å². The van der Waals surface area contributed by atoms with Gasteiger partial charge in [0.25, 0.3) is 0 Å². The number of benzene rings is 3. The average Bonchev–Trinajstić information content (AvgIpc) is 3.22. The van der Waals surface area contributed by atoms with Crippen LogP contribution in [0.25, 0.3) is 22.0 Å². The molecule has 3 aromatic carbocycles. The summed E-state index contributed by atoms with van der Waals surface area (Å²) < 4.78 is 0. The number of carbonyl (C=O) groups is 1. The molecule has 4 rings (SSSR count). The van der Waals surface area contributed by atoms with Gasteiger partial charge in [-0.05, 0) is 47.2 Å². The number of nitrogens with one attached hydrogen (secondary N) is 3. The molecule has 140 valence electrons. The molecule has 1 amide bonds. The van der Waals surface area contributed by atoms with E-state index in [1.807, 2.05) is 36.5 Å². The predicted octanol–water partition coefficient (Wildman–Crippen LogP) is 5.26. The third-order valence-corrected chi connectivity index (χ3v) is 4.99. The van der Waals surface area contributed by atoms with Gasteiger partial charge in [0.15, 0.2) is 0 Å². The van der Waals surface area contributed by atoms with Crippen molar-refractivity contribution in [2.24, 2.45) is 0 Å². The van der Waals surface area contributed by atoms with Crippen LogP contribution in [0.5, 0.6) is 0 Å². The zero-order valence-corrected chi connectivity index (χ0v) is 15.8. The summed E-state index contributed by atoms with van der Waals surface area (Å²) in [5.41, 5.74) is 6.58. The van der Waals surface area contributed by atoms with E-state index in [-0.39, 0.29) is 5.91 Å². The fourth-order valence-corrected chi connectivity index (χ4v) is 3.58. The molecule has 28 heavy (non-hydrogen) atoms. The summed E-state index contributed by atoms with van der Waals surface area (Å²) in [5.74, 6) is 0.0403. The highest BCUT2D eigenvalue weighted by Crippen LogP contribution is 2.35. The zero-order valence-electron chi connectivity index (χ0n) is 15.8. The second-order valence-electron chi connectivity index (χ2n) is 6.74. The molecule has 0 atom stereocenters. The molecule has 0 aliphatic rings. The molecule has 0 saturated heterocycles. The Morgan fingerprint density at radius 3 is 2.50 bits per heavy atom. The van der Waals surface area contributed by atoms with Crippen LogP contribution < -0.4 is 10.6 Å². The van der Waals surface area contributed by atoms with Crippen LogP contribution in [-0.2, 0) is 11.2 Å². The Morgan fingerprint density at radius 2 is 1.68 bits per heavy atom. The molecule has 4 nitrogen and oxygen atoms in total. The molecular weight excluding hydrogens is 346 g/mol. The van der Waals surface area contributed by atoms with Gasteiger partial charge in [-0.15, -0.1) is 0 Å². The van der Waals surface area contributed by atoms with Gasteiger partial charge in [0.2, 0.25) is 5.91 Å². The standard InChI is InChI=1S/C24H23N3O/c1-25-23(28)14-13-20-19(21-11-5-7-17-15-16-26-24(17)21)10-6-12-22(20)27-18-8-3-2-4-9-18/h2-12,15-16,26-27H,13-14H2,1H3,(H,25,28). The van der Waals surface area contributed by atoms with Gasteiger partial charge >= 0.3 is 0 Å². The van der Waals surface area contributed by atoms with Gasteiger partial charge in [-0.25, -0.2) is 0 Å². The molecule has 4 aromatic rings. The fourth-order valence-electron chi connectivity index (χ4n) is 3.58. The molecule has 0 unspecified atom stereocenters. The minimum atomic E-state index is 0.0403. The van der Waals surface area contributed by atoms with Crippen LogP contribution in [-0.4, -0.2) is 17.9 Å². The van der Waals surface area contributed by atoms with Crippen molar-refractivity contribution in [2.75, 3.05) is 12.4 Å². The number of aromatic nitrogens is 1. The molecule has 0 aliphatic carbocycles. The first-order valence-corrected chi connectivity index (χ1v) is 9.47. The highest BCUT2D eigenvalue weighted by molar-refractivity contribution is 5.96. The number of amides is 1. The first-order valence-electron chi connectivity index (χ1n) is 9.47. The highest BCUT2D eigenvalue weighted by Gasteiger charge is 2.14. The molecule has 0 spiro atoms. The van der Waals surface area contributed by atoms with Crippen LogP contribution in [0.3, 0.4) is 0 Å². The number of aromatic amines is 1. The number of hydrogen-bond donors (Lipinski definition) is 3. The van der Waals surface area contributed by atoms with Crippen LogP contribution >= 0.6 is 0 Å². The van der Waals surface area contributed by atoms with Crippen molar-refractivity contribution in [1.29, 1.82) is 0 Å². The molecular formula is C24H23N3O. The van der Waals surface area contributed by atoms with E-state index >= 15 is 0 Å². The lowest BCUT2D eigenvalue weighted by Crippen LogP contribution is -2.18. The van der Waals surface area contributed by atoms with E-state index in [9.17, 15) is 4.79 Å². The average molecular weight is 369 g/mol. The summed E-state index contributed by atoms with van der Waals surface area (Å²) >= 11 is 0. The normalized spacial score (nSPS) is 10.8. The quantitative estimate of drug-likeness (QED) is 0.434. The summed E-state index contributed by atoms with van der Waals surface area (Å²) in [6.07, 6.45) is 3.06. The number of hydrogen-bond acceptors (Lipinski definition) is 2. The summed E-state index contributed by atoms with van der Waals surface area (Å²) in [4.78, 5) is 15.3. The van der Waals surface area contributed by atoms with Crippen molar-refractivity contribution in [1.82, 2.24) is 10.3 Å². The van der Waals surface area contributed by atoms with E-state index in [1.54, 1.807) is 7.05 Å². The van der Waals surface area contributed by atoms with Crippen molar-refractivity contribution < 1.29 is 4.79 Å². The fraction of sp³-hybridized carbons (Fsp3) is 0.125. The smallest absolute Gasteiger partial charge is 0.220 e. The molecule has 0 fully saturated rings. The van der Waals surface area contributed by atoms with Crippen LogP contribution in [0.15, 0.2) is 79.0 Å². The summed E-state index contributed by atoms with van der Waals surface area (Å²) in [7, 11) is 1.68. The minimum Gasteiger partial charge on any atom is -0.361 e. The van der Waals surface area contributed by atoms with Gasteiger partial charge in [-0.3, -0.25) is 4.79 Å². The van der Waals surface area contributed by atoms with Gasteiger partial charge in [0.05, 0.1) is 5.52 Å². The predicted molar refractivity (Wildman–Crippen MR) is 116 cm³/mol. The van der Waals surface area contributed by atoms with E-state index in [4.69, 9.17) is 0 Å². The molecule has 3 N–H and O–H groups in total. The van der Waals surface area contributed by atoms with Gasteiger partial charge in [-0.2, -0.15) is 0 Å². The van der Waals surface area contributed by atoms with E-state index in [0.717, 1.165) is 33.6 Å². The third-order valence-electron chi connectivity index (χ3n) is 4.99. The maximum absolute atomic E-state index is 11.9. The van der Waals surface area contributed by atoms with Crippen LogP contribution in [0.1, 0.15) is 12.0 Å². The second-order valence-corrected chi connectivity index (χ2v) is 6.74. The lowest BCUT2D eigenvalue weighted by molar-refractivity contribution is -0.120. The van der Waals surface area contributed by atoms with Crippen molar-refractivity contribution in [3.05, 3.63) is 84.6 Å². The monoisotopic (exact) mass is 369 g/mol. The number of para-hydroxylation sites is 2. The molecule has 4 heteroatoms. The summed E-state index contributed by atoms with van der Waals surface area (Å²) in [6.45, 7) is 0. The Morgan fingerprint density at radius 1 is 0.893 bits per heavy atom. The molecule has 0 saturated carbocycles. The van der Waals surface area contributed by atoms with Crippen LogP contribution in [0, 0.1) is 0 Å². The third kappa shape index (κ3) is 3.62. The first-order chi connectivity index (χ1) is 13.8. The van der Waals surface area contributed by atoms with Crippen LogP contribution in [0.4, 0.5) is 11.4 Å². The first kappa shape index (κ1) is 17.9. The Balaban J connectivity index is 1.82. The molecule has 0 aliphatic heterocycles. The van der Waals surface area contributed by atoms with Gasteiger partial charge in [0, 0.05) is 36.6 Å². The van der Waals surface area contributed by atoms with Crippen LogP contribution in [0.2, 0.25) is 0 Å². The van der Waals surface area contributed by atoms with Crippen molar-refractivity contribution in [3.63, 3.8) is 0 Å². The number of anilines is 2. The Hall–Kier alpha value is -3.53. The molecule has 0 radical (unpaired) electrons. The van der Waals surface area contributed by atoms with E-state index in [2.05, 4.69) is 58.1 Å². The topological polar surface area (TPSA) is 56.9 Å². The number of H-pyrrole nitrogens is 1. The maximum Gasteiger partial charge on any atom is 0.220 e. The molecule has 1 heterocycles. The van der Waals surface area contributed by atoms with Crippen molar-refractivity contribution in [2.45, 2.75) is 12.8 Å². The minimum absolute atomic E-state index is 0.0403. The number of rotatable bonds is 6. The lowest BCUT2D eigenvalue weighted by atomic mass is 9.93. The van der Waals surface area contributed by atoms with E-state index in [1.165, 1.54) is 5.39 Å². The highest BCUT2D eigenvalue weighted by atomic mass is 16.1. The summed E-state index contributed by atoms with van der Waals surface area (Å²) in [6, 6.07) is 24.8. The Bertz CT molecular complexity index is 1100. The van der Waals surface area contributed by atoms with Gasteiger partial charge < -0.3 is 15.6 Å². The van der Waals surface area contributed by atoms with Crippen molar-refractivity contribution >= 4 is 28.2 Å². The second kappa shape index (κ2) is 8.01. The van der Waals surface area contributed by atoms with Gasteiger partial charge in [-0.1, -0.05) is 48.5 Å². The zero-order chi connectivity index (χ0) is 19.3. The Labute approximate surface area is 164 Å². The maximum atomic E-state index is 11.9. The lowest BCUT2D eigenvalue weighted by Gasteiger charge is -2.17. The van der Waals surface area contributed by atoms with E-state index < -0.39 is 0 Å². The molecule has 1 aromatic heterocycles. The number of carbonyl (C=O) groups excluding carboxylic acids is 1. The molecule has 0 bridgehead atoms. The van der Waals surface area contributed by atoms with E-state index in [0.29, 0.717) is 12.8 Å². The summed E-state index contributed by atoms with van der Waals surface area (Å²) in [5, 5.41) is 7.43. The largest absolute Gasteiger partial charge is 0.361 e. The SMILES string of the molecule is CNC(=O)CCc1c(Nc2ccccc2)cccc1-c1cccc2cc[nH]c12.